The summed E-state index contributed by atoms with van der Waals surface area (Å²) >= 11 is 1.31. The smallest absolute Gasteiger partial charge is 0.234 e. The van der Waals surface area contributed by atoms with Gasteiger partial charge in [0.25, 0.3) is 0 Å². The molecule has 2 aromatic carbocycles. The maximum atomic E-state index is 13.5. The van der Waals surface area contributed by atoms with Crippen LogP contribution in [0.4, 0.5) is 20.2 Å². The Balaban J connectivity index is 1.68. The largest absolute Gasteiger partial charge is 0.326 e. The fourth-order valence-electron chi connectivity index (χ4n) is 2.51. The molecular weight excluding hydrogens is 370 g/mol. The van der Waals surface area contributed by atoms with E-state index in [1.165, 1.54) is 17.8 Å². The van der Waals surface area contributed by atoms with Gasteiger partial charge in [0.15, 0.2) is 0 Å². The van der Waals surface area contributed by atoms with Gasteiger partial charge in [0, 0.05) is 12.1 Å². The summed E-state index contributed by atoms with van der Waals surface area (Å²) in [5.74, 6) is -1.53. The number of nitrogens with one attached hydrogen (secondary N) is 2. The number of hydrogen-bond donors (Lipinski definition) is 2. The molecule has 0 atom stereocenters. The molecule has 0 spiro atoms. The third-order valence-corrected chi connectivity index (χ3v) is 4.94. The molecule has 2 rings (SSSR count). The molecule has 27 heavy (non-hydrogen) atoms. The van der Waals surface area contributed by atoms with E-state index in [9.17, 15) is 18.4 Å². The molecule has 4 nitrogen and oxygen atoms in total. The van der Waals surface area contributed by atoms with E-state index in [-0.39, 0.29) is 11.7 Å². The van der Waals surface area contributed by atoms with E-state index in [1.807, 2.05) is 32.0 Å². The van der Waals surface area contributed by atoms with Gasteiger partial charge in [-0.05, 0) is 49.3 Å². The Morgan fingerprint density at radius 1 is 0.889 bits per heavy atom. The maximum Gasteiger partial charge on any atom is 0.234 e. The molecule has 144 valence electrons. The average Bonchev–Trinajstić information content (AvgIpc) is 2.61. The van der Waals surface area contributed by atoms with Crippen LogP contribution in [0.2, 0.25) is 0 Å². The first kappa shape index (κ1) is 20.9. The van der Waals surface area contributed by atoms with Crippen LogP contribution < -0.4 is 10.6 Å². The third-order valence-electron chi connectivity index (χ3n) is 3.90. The third kappa shape index (κ3) is 6.36. The van der Waals surface area contributed by atoms with Crippen molar-refractivity contribution in [2.45, 2.75) is 26.7 Å². The summed E-state index contributed by atoms with van der Waals surface area (Å²) in [6.07, 6.45) is 0.938. The second-order valence-corrected chi connectivity index (χ2v) is 7.22. The second kappa shape index (κ2) is 10.1. The molecule has 0 saturated carbocycles. The number of benzene rings is 2. The van der Waals surface area contributed by atoms with Crippen LogP contribution in [-0.4, -0.2) is 23.3 Å². The van der Waals surface area contributed by atoms with Crippen molar-refractivity contribution >= 4 is 35.0 Å². The Hall–Kier alpha value is -2.41. The molecule has 2 amide bonds. The van der Waals surface area contributed by atoms with Crippen molar-refractivity contribution in [3.05, 3.63) is 59.2 Å². The average molecular weight is 392 g/mol. The minimum absolute atomic E-state index is 0.0618. The highest BCUT2D eigenvalue weighted by molar-refractivity contribution is 7.99. The molecule has 0 fully saturated rings. The number of rotatable bonds is 8. The number of para-hydroxylation sites is 2. The fourth-order valence-corrected chi connectivity index (χ4v) is 3.26. The monoisotopic (exact) mass is 392 g/mol. The lowest BCUT2D eigenvalue weighted by Crippen LogP contribution is -2.17. The highest BCUT2D eigenvalue weighted by Crippen LogP contribution is 2.20. The molecule has 0 saturated heterocycles. The van der Waals surface area contributed by atoms with Crippen molar-refractivity contribution in [1.82, 2.24) is 0 Å². The van der Waals surface area contributed by atoms with Crippen LogP contribution in [0.15, 0.2) is 36.4 Å². The van der Waals surface area contributed by atoms with Crippen LogP contribution in [0.5, 0.6) is 0 Å². The summed E-state index contributed by atoms with van der Waals surface area (Å²) in [7, 11) is 0. The molecule has 0 unspecified atom stereocenters. The normalized spacial score (nSPS) is 10.5. The van der Waals surface area contributed by atoms with Gasteiger partial charge >= 0.3 is 0 Å². The van der Waals surface area contributed by atoms with Crippen molar-refractivity contribution in [3.63, 3.8) is 0 Å². The first-order valence-electron chi connectivity index (χ1n) is 8.56. The van der Waals surface area contributed by atoms with E-state index in [0.717, 1.165) is 28.9 Å². The zero-order chi connectivity index (χ0) is 19.8. The Morgan fingerprint density at radius 2 is 1.44 bits per heavy atom. The van der Waals surface area contributed by atoms with E-state index < -0.39 is 23.2 Å². The quantitative estimate of drug-likeness (QED) is 0.642. The molecule has 0 bridgehead atoms. The predicted octanol–water partition coefficient (Wildman–Crippen LogP) is 4.67. The number of anilines is 2. The van der Waals surface area contributed by atoms with E-state index in [2.05, 4.69) is 10.6 Å². The molecule has 2 N–H and O–H groups in total. The Morgan fingerprint density at radius 3 is 2.07 bits per heavy atom. The van der Waals surface area contributed by atoms with Crippen molar-refractivity contribution < 1.29 is 18.4 Å². The highest BCUT2D eigenvalue weighted by Gasteiger charge is 2.12. The molecule has 0 aromatic heterocycles. The van der Waals surface area contributed by atoms with Gasteiger partial charge < -0.3 is 10.6 Å². The topological polar surface area (TPSA) is 58.2 Å². The SMILES string of the molecule is Cc1cccc(C)c1NC(=O)CCCSCC(=O)Nc1c(F)cccc1F. The Labute approximate surface area is 161 Å². The second-order valence-electron chi connectivity index (χ2n) is 6.12. The van der Waals surface area contributed by atoms with Crippen LogP contribution in [0.1, 0.15) is 24.0 Å². The van der Waals surface area contributed by atoms with Crippen molar-refractivity contribution in [2.75, 3.05) is 22.1 Å². The lowest BCUT2D eigenvalue weighted by molar-refractivity contribution is -0.116. The summed E-state index contributed by atoms with van der Waals surface area (Å²) < 4.78 is 26.9. The van der Waals surface area contributed by atoms with Gasteiger partial charge in [-0.2, -0.15) is 11.8 Å². The Bertz CT molecular complexity index is 720. The van der Waals surface area contributed by atoms with Crippen molar-refractivity contribution in [2.24, 2.45) is 0 Å². The van der Waals surface area contributed by atoms with Crippen LogP contribution in [0, 0.1) is 25.5 Å². The van der Waals surface area contributed by atoms with Gasteiger partial charge in [-0.25, -0.2) is 8.78 Å². The van der Waals surface area contributed by atoms with Crippen LogP contribution in [-0.2, 0) is 9.59 Å². The molecule has 0 heterocycles. The Kier molecular flexibility index (Phi) is 7.79. The van der Waals surface area contributed by atoms with Gasteiger partial charge in [-0.3, -0.25) is 9.59 Å². The number of hydrogen-bond acceptors (Lipinski definition) is 3. The molecule has 0 radical (unpaired) electrons. The summed E-state index contributed by atoms with van der Waals surface area (Å²) in [4.78, 5) is 23.8. The lowest BCUT2D eigenvalue weighted by Gasteiger charge is -2.11. The van der Waals surface area contributed by atoms with Gasteiger partial charge in [-0.1, -0.05) is 24.3 Å². The van der Waals surface area contributed by atoms with Crippen molar-refractivity contribution in [1.29, 1.82) is 0 Å². The fraction of sp³-hybridized carbons (Fsp3) is 0.300. The van der Waals surface area contributed by atoms with E-state index in [1.54, 1.807) is 0 Å². The standard InChI is InChI=1S/C20H22F2N2O2S/c1-13-6-3-7-14(2)19(13)23-17(25)10-5-11-27-12-18(26)24-20-15(21)8-4-9-16(20)22/h3-4,6-9H,5,10-12H2,1-2H3,(H,23,25)(H,24,26). The molecule has 7 heteroatoms. The van der Waals surface area contributed by atoms with E-state index in [4.69, 9.17) is 0 Å². The molecule has 0 aliphatic heterocycles. The first-order valence-corrected chi connectivity index (χ1v) is 9.71. The van der Waals surface area contributed by atoms with Crippen LogP contribution in [0.25, 0.3) is 0 Å². The van der Waals surface area contributed by atoms with Gasteiger partial charge in [0.1, 0.15) is 17.3 Å². The number of halogens is 2. The minimum Gasteiger partial charge on any atom is -0.326 e. The molecule has 0 aliphatic rings. The molecule has 0 aliphatic carbocycles. The van der Waals surface area contributed by atoms with E-state index >= 15 is 0 Å². The molecular formula is C20H22F2N2O2S. The van der Waals surface area contributed by atoms with Gasteiger partial charge in [-0.15, -0.1) is 0 Å². The summed E-state index contributed by atoms with van der Waals surface area (Å²) in [6, 6.07) is 9.22. The zero-order valence-electron chi connectivity index (χ0n) is 15.3. The van der Waals surface area contributed by atoms with Gasteiger partial charge in [0.2, 0.25) is 11.8 Å². The number of thioether (sulfide) groups is 1. The lowest BCUT2D eigenvalue weighted by atomic mass is 10.1. The number of aryl methyl sites for hydroxylation is 2. The number of amides is 2. The highest BCUT2D eigenvalue weighted by atomic mass is 32.2. The minimum atomic E-state index is -0.809. The van der Waals surface area contributed by atoms with Crippen LogP contribution in [0.3, 0.4) is 0 Å². The summed E-state index contributed by atoms with van der Waals surface area (Å²) in [5, 5.41) is 5.15. The van der Waals surface area contributed by atoms with Gasteiger partial charge in [0.05, 0.1) is 5.75 Å². The predicted molar refractivity (Wildman–Crippen MR) is 106 cm³/mol. The van der Waals surface area contributed by atoms with E-state index in [0.29, 0.717) is 18.6 Å². The number of carbonyl (C=O) groups excluding carboxylic acids is 2. The number of carbonyl (C=O) groups is 2. The molecule has 2 aromatic rings. The van der Waals surface area contributed by atoms with Crippen LogP contribution >= 0.6 is 11.8 Å². The zero-order valence-corrected chi connectivity index (χ0v) is 16.1. The first-order chi connectivity index (χ1) is 12.9. The summed E-state index contributed by atoms with van der Waals surface area (Å²) in [5.41, 5.74) is 2.42. The van der Waals surface area contributed by atoms with Crippen molar-refractivity contribution in [3.8, 4) is 0 Å². The summed E-state index contributed by atoms with van der Waals surface area (Å²) in [6.45, 7) is 3.88. The maximum absolute atomic E-state index is 13.5.